The van der Waals surface area contributed by atoms with Crippen LogP contribution < -0.4 is 20.1 Å². The summed E-state index contributed by atoms with van der Waals surface area (Å²) in [5, 5.41) is 5.84. The number of methoxy groups -OCH3 is 2. The lowest BCUT2D eigenvalue weighted by Gasteiger charge is -2.30. The van der Waals surface area contributed by atoms with Gasteiger partial charge in [-0.3, -0.25) is 9.69 Å². The number of hydrogen-bond donors (Lipinski definition) is 2. The smallest absolute Gasteiger partial charge is 0.325 e. The van der Waals surface area contributed by atoms with E-state index in [1.165, 1.54) is 4.90 Å². The molecule has 2 heterocycles. The molecule has 1 aliphatic carbocycles. The van der Waals surface area contributed by atoms with E-state index < -0.39 is 5.54 Å². The monoisotopic (exact) mass is 444 g/mol. The summed E-state index contributed by atoms with van der Waals surface area (Å²) in [5.41, 5.74) is 1.51. The summed E-state index contributed by atoms with van der Waals surface area (Å²) in [5.74, 6) is 1.24. The molecule has 174 valence electrons. The molecule has 9 nitrogen and oxygen atoms in total. The van der Waals surface area contributed by atoms with Crippen molar-refractivity contribution in [3.63, 3.8) is 0 Å². The van der Waals surface area contributed by atoms with Gasteiger partial charge in [0.15, 0.2) is 11.5 Å². The first-order valence-electron chi connectivity index (χ1n) is 11.4. The second-order valence-corrected chi connectivity index (χ2v) is 8.76. The van der Waals surface area contributed by atoms with Crippen LogP contribution in [-0.4, -0.2) is 67.2 Å². The average molecular weight is 445 g/mol. The number of urea groups is 2. The molecule has 2 N–H and O–H groups in total. The van der Waals surface area contributed by atoms with Gasteiger partial charge < -0.3 is 25.0 Å². The van der Waals surface area contributed by atoms with E-state index in [0.717, 1.165) is 49.7 Å². The maximum atomic E-state index is 12.8. The van der Waals surface area contributed by atoms with E-state index in [4.69, 9.17) is 9.47 Å². The van der Waals surface area contributed by atoms with Crippen LogP contribution >= 0.6 is 0 Å². The molecule has 1 saturated carbocycles. The number of benzene rings is 1. The van der Waals surface area contributed by atoms with Gasteiger partial charge >= 0.3 is 12.1 Å². The zero-order chi connectivity index (χ0) is 22.7. The molecule has 2 fully saturated rings. The molecular weight excluding hydrogens is 412 g/mol. The van der Waals surface area contributed by atoms with E-state index in [2.05, 4.69) is 10.6 Å². The second kappa shape index (κ2) is 9.26. The minimum absolute atomic E-state index is 0.106. The molecule has 3 aliphatic rings. The first-order valence-corrected chi connectivity index (χ1v) is 11.4. The topological polar surface area (TPSA) is 100 Å². The van der Waals surface area contributed by atoms with Gasteiger partial charge in [-0.25, -0.2) is 9.59 Å². The number of nitrogens with one attached hydrogen (secondary N) is 2. The van der Waals surface area contributed by atoms with Crippen molar-refractivity contribution in [2.75, 3.05) is 33.9 Å². The fourth-order valence-electron chi connectivity index (χ4n) is 4.97. The van der Waals surface area contributed by atoms with Gasteiger partial charge in [0.05, 0.1) is 14.2 Å². The number of amides is 5. The molecular formula is C23H32N4O5. The fraction of sp³-hybridized carbons (Fsp3) is 0.609. The Balaban J connectivity index is 1.26. The maximum absolute atomic E-state index is 12.8. The van der Waals surface area contributed by atoms with Crippen LogP contribution in [0.1, 0.15) is 49.7 Å². The highest BCUT2D eigenvalue weighted by molar-refractivity contribution is 6.07. The van der Waals surface area contributed by atoms with Gasteiger partial charge in [0.1, 0.15) is 5.54 Å². The molecule has 32 heavy (non-hydrogen) atoms. The molecule has 0 radical (unpaired) electrons. The molecule has 0 bridgehead atoms. The SMILES string of the molecule is COc1cc2c(cc1OC)CN(C(=O)NCCCN1C(=O)NC3(CCCCC3)C1=O)CC2. The van der Waals surface area contributed by atoms with Crippen LogP contribution in [0.5, 0.6) is 11.5 Å². The molecule has 9 heteroatoms. The number of nitrogens with zero attached hydrogens (tertiary/aromatic N) is 2. The molecule has 1 spiro atoms. The quantitative estimate of drug-likeness (QED) is 0.519. The molecule has 5 amide bonds. The van der Waals surface area contributed by atoms with Crippen LogP contribution in [0, 0.1) is 0 Å². The molecule has 0 unspecified atom stereocenters. The molecule has 1 saturated heterocycles. The minimum Gasteiger partial charge on any atom is -0.493 e. The van der Waals surface area contributed by atoms with E-state index in [9.17, 15) is 14.4 Å². The van der Waals surface area contributed by atoms with Crippen LogP contribution in [0.4, 0.5) is 9.59 Å². The van der Waals surface area contributed by atoms with Gasteiger partial charge in [0.25, 0.3) is 5.91 Å². The van der Waals surface area contributed by atoms with Gasteiger partial charge in [0, 0.05) is 26.2 Å². The predicted octanol–water partition coefficient (Wildman–Crippen LogP) is 2.42. The first-order chi connectivity index (χ1) is 15.5. The van der Waals surface area contributed by atoms with Crippen molar-refractivity contribution in [1.82, 2.24) is 20.4 Å². The van der Waals surface area contributed by atoms with Gasteiger partial charge in [-0.05, 0) is 48.9 Å². The maximum Gasteiger partial charge on any atom is 0.325 e. The van der Waals surface area contributed by atoms with Crippen molar-refractivity contribution >= 4 is 18.0 Å². The van der Waals surface area contributed by atoms with Crippen LogP contribution in [0.3, 0.4) is 0 Å². The Bertz CT molecular complexity index is 897. The number of hydrogen-bond acceptors (Lipinski definition) is 5. The normalized spacial score (nSPS) is 19.6. The lowest BCUT2D eigenvalue weighted by Crippen LogP contribution is -2.48. The Kier molecular flexibility index (Phi) is 6.43. The standard InChI is InChI=1S/C23H32N4O5/c1-31-18-13-16-7-12-26(15-17(16)14-19(18)32-2)21(29)24-10-6-11-27-20(28)23(25-22(27)30)8-4-3-5-9-23/h13-14H,3-12,15H2,1-2H3,(H,24,29)(H,25,30). The molecule has 2 aliphatic heterocycles. The highest BCUT2D eigenvalue weighted by Gasteiger charge is 2.50. The highest BCUT2D eigenvalue weighted by atomic mass is 16.5. The molecule has 1 aromatic rings. The number of carbonyl (C=O) groups excluding carboxylic acids is 3. The van der Waals surface area contributed by atoms with Crippen LogP contribution in [-0.2, 0) is 17.8 Å². The number of rotatable bonds is 6. The third-order valence-corrected chi connectivity index (χ3v) is 6.79. The van der Waals surface area contributed by atoms with Crippen LogP contribution in [0.15, 0.2) is 12.1 Å². The zero-order valence-electron chi connectivity index (χ0n) is 18.9. The van der Waals surface area contributed by atoms with E-state index >= 15 is 0 Å². The Morgan fingerprint density at radius 2 is 1.78 bits per heavy atom. The van der Waals surface area contributed by atoms with E-state index in [-0.39, 0.29) is 18.0 Å². The van der Waals surface area contributed by atoms with Crippen molar-refractivity contribution in [2.45, 2.75) is 57.0 Å². The van der Waals surface area contributed by atoms with Crippen molar-refractivity contribution in [2.24, 2.45) is 0 Å². The van der Waals surface area contributed by atoms with E-state index in [0.29, 0.717) is 44.1 Å². The predicted molar refractivity (Wildman–Crippen MR) is 118 cm³/mol. The Morgan fingerprint density at radius 1 is 1.09 bits per heavy atom. The lowest BCUT2D eigenvalue weighted by molar-refractivity contribution is -0.132. The summed E-state index contributed by atoms with van der Waals surface area (Å²) in [6.45, 7) is 1.83. The minimum atomic E-state index is -0.691. The summed E-state index contributed by atoms with van der Waals surface area (Å²) in [6, 6.07) is 3.44. The molecule has 4 rings (SSSR count). The molecule has 0 aromatic heterocycles. The van der Waals surface area contributed by atoms with Crippen molar-refractivity contribution in [3.05, 3.63) is 23.3 Å². The Hall–Kier alpha value is -2.97. The summed E-state index contributed by atoms with van der Waals surface area (Å²) >= 11 is 0. The first kappa shape index (κ1) is 22.2. The summed E-state index contributed by atoms with van der Waals surface area (Å²) in [7, 11) is 3.21. The van der Waals surface area contributed by atoms with Crippen molar-refractivity contribution in [1.29, 1.82) is 0 Å². The van der Waals surface area contributed by atoms with Crippen LogP contribution in [0.25, 0.3) is 0 Å². The Labute approximate surface area is 188 Å². The van der Waals surface area contributed by atoms with Gasteiger partial charge in [-0.2, -0.15) is 0 Å². The Morgan fingerprint density at radius 3 is 2.47 bits per heavy atom. The number of carbonyl (C=O) groups is 3. The largest absolute Gasteiger partial charge is 0.493 e. The van der Waals surface area contributed by atoms with Crippen molar-refractivity contribution in [3.8, 4) is 11.5 Å². The zero-order valence-corrected chi connectivity index (χ0v) is 18.9. The van der Waals surface area contributed by atoms with Gasteiger partial charge in [0.2, 0.25) is 0 Å². The summed E-state index contributed by atoms with van der Waals surface area (Å²) in [6.07, 6.45) is 5.75. The fourth-order valence-corrected chi connectivity index (χ4v) is 4.97. The average Bonchev–Trinajstić information content (AvgIpc) is 3.04. The molecule has 0 atom stereocenters. The van der Waals surface area contributed by atoms with Gasteiger partial charge in [-0.15, -0.1) is 0 Å². The number of imide groups is 1. The van der Waals surface area contributed by atoms with Crippen LogP contribution in [0.2, 0.25) is 0 Å². The lowest BCUT2D eigenvalue weighted by atomic mass is 9.82. The van der Waals surface area contributed by atoms with E-state index in [1.807, 2.05) is 12.1 Å². The van der Waals surface area contributed by atoms with E-state index in [1.54, 1.807) is 19.1 Å². The summed E-state index contributed by atoms with van der Waals surface area (Å²) < 4.78 is 10.7. The highest BCUT2D eigenvalue weighted by Crippen LogP contribution is 2.34. The second-order valence-electron chi connectivity index (χ2n) is 8.76. The molecule has 1 aromatic carbocycles. The number of fused-ring (bicyclic) bond motifs is 1. The number of ether oxygens (including phenoxy) is 2. The summed E-state index contributed by atoms with van der Waals surface area (Å²) in [4.78, 5) is 40.9. The van der Waals surface area contributed by atoms with Crippen molar-refractivity contribution < 1.29 is 23.9 Å². The third kappa shape index (κ3) is 4.20. The third-order valence-electron chi connectivity index (χ3n) is 6.79. The van der Waals surface area contributed by atoms with Gasteiger partial charge in [-0.1, -0.05) is 19.3 Å².